The van der Waals surface area contributed by atoms with Crippen LogP contribution in [0.3, 0.4) is 0 Å². The summed E-state index contributed by atoms with van der Waals surface area (Å²) in [7, 11) is 0. The molecule has 0 spiro atoms. The van der Waals surface area contributed by atoms with E-state index in [1.165, 1.54) is 17.3 Å². The number of Topliss-reactive ketones (excluding diaryl/α,β-unsaturated/α-hetero) is 1. The number of unbranched alkanes of at least 4 members (excludes halogenated alkanes) is 3. The summed E-state index contributed by atoms with van der Waals surface area (Å²) in [4.78, 5) is 12.6. The fourth-order valence-corrected chi connectivity index (χ4v) is 4.43. The van der Waals surface area contributed by atoms with Crippen LogP contribution < -0.4 is 4.46 Å². The van der Waals surface area contributed by atoms with Crippen LogP contribution in [-0.2, 0) is 16.1 Å². The topological polar surface area (TPSA) is 26.3 Å². The molecule has 0 N–H and O–H groups in total. The van der Waals surface area contributed by atoms with Gasteiger partial charge in [0.05, 0.1) is 0 Å². The van der Waals surface area contributed by atoms with Gasteiger partial charge in [0, 0.05) is 0 Å². The van der Waals surface area contributed by atoms with E-state index in [0.717, 1.165) is 29.3 Å². The first kappa shape index (κ1) is 20.5. The fourth-order valence-electron chi connectivity index (χ4n) is 2.54. The van der Waals surface area contributed by atoms with Crippen molar-refractivity contribution in [3.63, 3.8) is 0 Å². The third-order valence-corrected chi connectivity index (χ3v) is 6.30. The summed E-state index contributed by atoms with van der Waals surface area (Å²) in [5, 5.41) is 0.790. The van der Waals surface area contributed by atoms with Crippen molar-refractivity contribution in [2.45, 2.75) is 51.0 Å². The molecular weight excluding hydrogens is 387 g/mol. The summed E-state index contributed by atoms with van der Waals surface area (Å²) >= 11 is 0.252. The molecule has 2 rings (SSSR count). The van der Waals surface area contributed by atoms with E-state index in [4.69, 9.17) is 4.74 Å². The molecule has 0 amide bonds. The van der Waals surface area contributed by atoms with Crippen molar-refractivity contribution in [2.24, 2.45) is 0 Å². The van der Waals surface area contributed by atoms with Crippen molar-refractivity contribution in [2.75, 3.05) is 0 Å². The molecule has 0 aromatic heterocycles. The molecule has 26 heavy (non-hydrogen) atoms. The van der Waals surface area contributed by atoms with Crippen molar-refractivity contribution in [3.8, 4) is 0 Å². The molecule has 0 atom stereocenters. The van der Waals surface area contributed by atoms with E-state index in [1.807, 2.05) is 36.4 Å². The molecule has 0 aliphatic rings. The molecule has 0 aliphatic heterocycles. The van der Waals surface area contributed by atoms with Gasteiger partial charge >= 0.3 is 164 Å². The monoisotopic (exact) mass is 416 g/mol. The number of carbonyl (C=O) groups is 1. The first-order chi connectivity index (χ1) is 12.8. The maximum absolute atomic E-state index is 12.6. The van der Waals surface area contributed by atoms with E-state index >= 15 is 0 Å². The van der Waals surface area contributed by atoms with Gasteiger partial charge < -0.3 is 0 Å². The van der Waals surface area contributed by atoms with Crippen molar-refractivity contribution in [1.29, 1.82) is 0 Å². The average Bonchev–Trinajstić information content (AvgIpc) is 2.69. The molecule has 0 heterocycles. The number of hydrogen-bond donors (Lipinski definition) is 0. The van der Waals surface area contributed by atoms with Crippen LogP contribution in [-0.4, -0.2) is 20.7 Å². The number of ether oxygens (including phenoxy) is 1. The van der Waals surface area contributed by atoms with Gasteiger partial charge in [0.2, 0.25) is 0 Å². The van der Waals surface area contributed by atoms with Gasteiger partial charge in [-0.3, -0.25) is 0 Å². The fraction of sp³-hybridized carbons (Fsp3) is 0.348. The summed E-state index contributed by atoms with van der Waals surface area (Å²) in [5.74, 6) is 0.243. The summed E-state index contributed by atoms with van der Waals surface area (Å²) in [6, 6.07) is 20.5. The summed E-state index contributed by atoms with van der Waals surface area (Å²) < 4.78 is 7.06. The predicted molar refractivity (Wildman–Crippen MR) is 110 cm³/mol. The zero-order valence-electron chi connectivity index (χ0n) is 15.5. The standard InChI is InChI=1S/C23H28O2Se/c1-2-3-4-11-16-23(24)21(19-26-22-14-9-6-10-15-22)18-25-17-20-12-7-5-8-13-20/h5-10,12-15,18H,2-4,11,16-17,19H2,1H3/b21-18+. The quantitative estimate of drug-likeness (QED) is 0.209. The van der Waals surface area contributed by atoms with E-state index in [2.05, 4.69) is 31.2 Å². The zero-order valence-corrected chi connectivity index (χ0v) is 17.2. The van der Waals surface area contributed by atoms with Crippen LogP contribution in [0.5, 0.6) is 0 Å². The minimum atomic E-state index is 0.243. The molecule has 3 heteroatoms. The molecule has 0 aliphatic carbocycles. The van der Waals surface area contributed by atoms with Gasteiger partial charge in [-0.05, 0) is 0 Å². The van der Waals surface area contributed by atoms with Gasteiger partial charge in [0.25, 0.3) is 0 Å². The van der Waals surface area contributed by atoms with E-state index in [9.17, 15) is 4.79 Å². The Morgan fingerprint density at radius 1 is 0.962 bits per heavy atom. The molecule has 0 radical (unpaired) electrons. The molecule has 138 valence electrons. The second-order valence-corrected chi connectivity index (χ2v) is 8.48. The maximum atomic E-state index is 12.6. The number of rotatable bonds is 12. The van der Waals surface area contributed by atoms with E-state index in [-0.39, 0.29) is 20.7 Å². The Bertz CT molecular complexity index is 665. The third-order valence-electron chi connectivity index (χ3n) is 4.07. The van der Waals surface area contributed by atoms with Gasteiger partial charge in [0.15, 0.2) is 0 Å². The average molecular weight is 415 g/mol. The van der Waals surface area contributed by atoms with E-state index in [1.54, 1.807) is 6.26 Å². The van der Waals surface area contributed by atoms with Crippen LogP contribution in [0.1, 0.15) is 44.6 Å². The number of carbonyl (C=O) groups excluding carboxylic acids is 1. The summed E-state index contributed by atoms with van der Waals surface area (Å²) in [6.07, 6.45) is 6.83. The zero-order chi connectivity index (χ0) is 18.5. The van der Waals surface area contributed by atoms with Crippen molar-refractivity contribution in [1.82, 2.24) is 0 Å². The normalized spacial score (nSPS) is 11.3. The SMILES string of the molecule is CCCCCCC(=O)/C(=C/OCc1ccccc1)C[Se]c1ccccc1. The summed E-state index contributed by atoms with van der Waals surface area (Å²) in [6.45, 7) is 2.69. The molecular formula is C23H28O2Se. The predicted octanol–water partition coefficient (Wildman–Crippen LogP) is 5.07. The Morgan fingerprint density at radius 2 is 1.65 bits per heavy atom. The van der Waals surface area contributed by atoms with Crippen LogP contribution in [0.4, 0.5) is 0 Å². The second-order valence-electron chi connectivity index (χ2n) is 6.28. The summed E-state index contributed by atoms with van der Waals surface area (Å²) in [5.41, 5.74) is 1.95. The second kappa shape index (κ2) is 12.5. The van der Waals surface area contributed by atoms with E-state index < -0.39 is 0 Å². The molecule has 0 fully saturated rings. The molecule has 2 aromatic carbocycles. The molecule has 0 unspecified atom stereocenters. The van der Waals surface area contributed by atoms with Crippen LogP contribution in [0.2, 0.25) is 5.32 Å². The van der Waals surface area contributed by atoms with Crippen LogP contribution in [0.15, 0.2) is 72.5 Å². The molecule has 2 nitrogen and oxygen atoms in total. The van der Waals surface area contributed by atoms with Crippen molar-refractivity contribution < 1.29 is 9.53 Å². The first-order valence-corrected chi connectivity index (χ1v) is 11.4. The molecule has 0 bridgehead atoms. The molecule has 0 saturated carbocycles. The number of allylic oxidation sites excluding steroid dienone is 1. The van der Waals surface area contributed by atoms with Crippen LogP contribution in [0, 0.1) is 0 Å². The molecule has 2 aromatic rings. The minimum absolute atomic E-state index is 0.243. The van der Waals surface area contributed by atoms with Gasteiger partial charge in [-0.1, -0.05) is 0 Å². The van der Waals surface area contributed by atoms with Crippen LogP contribution in [0.25, 0.3) is 0 Å². The number of hydrogen-bond acceptors (Lipinski definition) is 2. The molecule has 0 saturated heterocycles. The first-order valence-electron chi connectivity index (χ1n) is 9.35. The van der Waals surface area contributed by atoms with E-state index in [0.29, 0.717) is 13.0 Å². The Morgan fingerprint density at radius 3 is 2.35 bits per heavy atom. The Labute approximate surface area is 163 Å². The van der Waals surface area contributed by atoms with Crippen molar-refractivity contribution in [3.05, 3.63) is 78.1 Å². The Balaban J connectivity index is 1.92. The number of benzene rings is 2. The Kier molecular flexibility index (Phi) is 9.86. The van der Waals surface area contributed by atoms with Gasteiger partial charge in [-0.25, -0.2) is 0 Å². The van der Waals surface area contributed by atoms with Gasteiger partial charge in [-0.2, -0.15) is 0 Å². The van der Waals surface area contributed by atoms with Gasteiger partial charge in [0.1, 0.15) is 0 Å². The van der Waals surface area contributed by atoms with Crippen LogP contribution >= 0.6 is 0 Å². The Hall–Kier alpha value is -1.83. The van der Waals surface area contributed by atoms with Crippen molar-refractivity contribution >= 4 is 25.2 Å². The third kappa shape index (κ3) is 8.03. The number of ketones is 1. The van der Waals surface area contributed by atoms with Gasteiger partial charge in [-0.15, -0.1) is 0 Å².